The summed E-state index contributed by atoms with van der Waals surface area (Å²) in [6.45, 7) is 10.3. The molecule has 2 heterocycles. The van der Waals surface area contributed by atoms with Gasteiger partial charge in [0.05, 0.1) is 11.2 Å². The van der Waals surface area contributed by atoms with Gasteiger partial charge in [0, 0.05) is 24.0 Å². The van der Waals surface area contributed by atoms with E-state index in [-0.39, 0.29) is 18.3 Å². The molecule has 2 fully saturated rings. The lowest BCUT2D eigenvalue weighted by atomic mass is 9.77. The Hall–Kier alpha value is -0.545. The van der Waals surface area contributed by atoms with Gasteiger partial charge in [-0.2, -0.15) is 0 Å². The second-order valence-electron chi connectivity index (χ2n) is 6.72. The van der Waals surface area contributed by atoms with Crippen LogP contribution in [0.5, 0.6) is 0 Å². The maximum atomic E-state index is 6.31. The Morgan fingerprint density at radius 2 is 1.75 bits per heavy atom. The third kappa shape index (κ3) is 2.29. The van der Waals surface area contributed by atoms with Crippen LogP contribution in [-0.4, -0.2) is 31.4 Å². The fourth-order valence-electron chi connectivity index (χ4n) is 2.51. The second-order valence-corrected chi connectivity index (χ2v) is 7.13. The number of nitrogens with one attached hydrogen (secondary N) is 1. The Morgan fingerprint density at radius 3 is 2.25 bits per heavy atom. The van der Waals surface area contributed by atoms with E-state index in [0.717, 1.165) is 23.6 Å². The molecule has 2 aliphatic rings. The normalized spacial score (nSPS) is 24.8. The number of rotatable bonds is 2. The van der Waals surface area contributed by atoms with E-state index in [9.17, 15) is 0 Å². The first-order valence-electron chi connectivity index (χ1n) is 7.16. The molecular weight excluding hydrogens is 272 g/mol. The fraction of sp³-hybridized carbons (Fsp3) is 0.600. The van der Waals surface area contributed by atoms with E-state index >= 15 is 0 Å². The van der Waals surface area contributed by atoms with Crippen molar-refractivity contribution in [2.75, 3.05) is 13.1 Å². The summed E-state index contributed by atoms with van der Waals surface area (Å²) < 4.78 is 12.2. The smallest absolute Gasteiger partial charge is 0.399 e. The van der Waals surface area contributed by atoms with Crippen LogP contribution in [0.3, 0.4) is 0 Å². The minimum absolute atomic E-state index is 0.310. The van der Waals surface area contributed by atoms with Crippen LogP contribution >= 0.6 is 11.6 Å². The van der Waals surface area contributed by atoms with Crippen LogP contribution in [0.25, 0.3) is 0 Å². The van der Waals surface area contributed by atoms with Gasteiger partial charge >= 0.3 is 7.12 Å². The standard InChI is InChI=1S/C15H21BClNO2/c1-14(2)15(3,4)20-16(19-14)11-5-6-13(17)12(7-11)10-8-18-9-10/h5-7,10,18H,8-9H2,1-4H3. The summed E-state index contributed by atoms with van der Waals surface area (Å²) in [7, 11) is -0.316. The summed E-state index contributed by atoms with van der Waals surface area (Å²) in [6.07, 6.45) is 0. The van der Waals surface area contributed by atoms with Gasteiger partial charge in [-0.25, -0.2) is 0 Å². The number of hydrogen-bond acceptors (Lipinski definition) is 3. The highest BCUT2D eigenvalue weighted by Crippen LogP contribution is 2.37. The Morgan fingerprint density at radius 1 is 1.15 bits per heavy atom. The van der Waals surface area contributed by atoms with E-state index < -0.39 is 0 Å². The largest absolute Gasteiger partial charge is 0.494 e. The predicted octanol–water partition coefficient (Wildman–Crippen LogP) is 2.33. The van der Waals surface area contributed by atoms with Crippen molar-refractivity contribution in [3.63, 3.8) is 0 Å². The van der Waals surface area contributed by atoms with Gasteiger partial charge in [0.2, 0.25) is 0 Å². The van der Waals surface area contributed by atoms with Crippen molar-refractivity contribution in [2.45, 2.75) is 44.8 Å². The summed E-state index contributed by atoms with van der Waals surface area (Å²) >= 11 is 6.31. The first kappa shape index (κ1) is 14.4. The summed E-state index contributed by atoms with van der Waals surface area (Å²) in [5, 5.41) is 4.11. The molecule has 20 heavy (non-hydrogen) atoms. The molecule has 3 rings (SSSR count). The van der Waals surface area contributed by atoms with E-state index in [0.29, 0.717) is 5.92 Å². The van der Waals surface area contributed by atoms with Crippen molar-refractivity contribution < 1.29 is 9.31 Å². The lowest BCUT2D eigenvalue weighted by Crippen LogP contribution is -2.41. The van der Waals surface area contributed by atoms with Gasteiger partial charge in [0.25, 0.3) is 0 Å². The first-order chi connectivity index (χ1) is 9.30. The molecule has 0 aliphatic carbocycles. The Kier molecular flexibility index (Phi) is 3.41. The summed E-state index contributed by atoms with van der Waals surface area (Å²) in [4.78, 5) is 0. The molecule has 0 spiro atoms. The van der Waals surface area contributed by atoms with Gasteiger partial charge in [-0.3, -0.25) is 0 Å². The summed E-state index contributed by atoms with van der Waals surface area (Å²) in [5.74, 6) is 0.505. The van der Waals surface area contributed by atoms with Crippen LogP contribution in [0.2, 0.25) is 5.02 Å². The molecule has 2 saturated heterocycles. The molecule has 1 aromatic carbocycles. The monoisotopic (exact) mass is 293 g/mol. The third-order valence-corrected chi connectivity index (χ3v) is 5.11. The first-order valence-corrected chi connectivity index (χ1v) is 7.54. The molecule has 0 unspecified atom stereocenters. The average molecular weight is 294 g/mol. The quantitative estimate of drug-likeness (QED) is 0.849. The van der Waals surface area contributed by atoms with E-state index in [1.807, 2.05) is 12.1 Å². The maximum Gasteiger partial charge on any atom is 0.494 e. The zero-order valence-corrected chi connectivity index (χ0v) is 13.3. The van der Waals surface area contributed by atoms with Gasteiger partial charge in [0.15, 0.2) is 0 Å². The van der Waals surface area contributed by atoms with Crippen LogP contribution in [0, 0.1) is 0 Å². The Bertz CT molecular complexity index is 513. The molecule has 0 radical (unpaired) electrons. The van der Waals surface area contributed by atoms with Crippen LogP contribution in [0.4, 0.5) is 0 Å². The second kappa shape index (κ2) is 4.74. The molecule has 0 bridgehead atoms. The maximum absolute atomic E-state index is 6.31. The molecule has 0 atom stereocenters. The van der Waals surface area contributed by atoms with E-state index in [1.165, 1.54) is 5.56 Å². The molecule has 108 valence electrons. The Labute approximate surface area is 126 Å². The number of benzene rings is 1. The molecule has 1 N–H and O–H groups in total. The fourth-order valence-corrected chi connectivity index (χ4v) is 2.78. The van der Waals surface area contributed by atoms with Gasteiger partial charge in [0.1, 0.15) is 0 Å². The van der Waals surface area contributed by atoms with Crippen LogP contribution in [0.1, 0.15) is 39.2 Å². The van der Waals surface area contributed by atoms with Gasteiger partial charge in [-0.15, -0.1) is 0 Å². The molecule has 0 saturated carbocycles. The molecule has 2 aliphatic heterocycles. The number of hydrogen-bond donors (Lipinski definition) is 1. The lowest BCUT2D eigenvalue weighted by molar-refractivity contribution is 0.00578. The van der Waals surface area contributed by atoms with Crippen molar-refractivity contribution in [3.05, 3.63) is 28.8 Å². The van der Waals surface area contributed by atoms with Crippen molar-refractivity contribution in [3.8, 4) is 0 Å². The summed E-state index contributed by atoms with van der Waals surface area (Å²) in [6, 6.07) is 6.09. The van der Waals surface area contributed by atoms with E-state index in [4.69, 9.17) is 20.9 Å². The minimum atomic E-state index is -0.316. The molecule has 3 nitrogen and oxygen atoms in total. The van der Waals surface area contributed by atoms with Crippen molar-refractivity contribution in [1.29, 1.82) is 0 Å². The zero-order chi connectivity index (χ0) is 14.5. The van der Waals surface area contributed by atoms with Crippen LogP contribution < -0.4 is 10.8 Å². The Balaban J connectivity index is 1.88. The molecule has 0 amide bonds. The van der Waals surface area contributed by atoms with Crippen molar-refractivity contribution >= 4 is 24.2 Å². The van der Waals surface area contributed by atoms with Gasteiger partial charge < -0.3 is 14.6 Å². The van der Waals surface area contributed by atoms with Crippen molar-refractivity contribution in [1.82, 2.24) is 5.32 Å². The molecular formula is C15H21BClNO2. The van der Waals surface area contributed by atoms with E-state index in [2.05, 4.69) is 39.1 Å². The lowest BCUT2D eigenvalue weighted by Gasteiger charge is -2.32. The highest BCUT2D eigenvalue weighted by atomic mass is 35.5. The van der Waals surface area contributed by atoms with Crippen molar-refractivity contribution in [2.24, 2.45) is 0 Å². The van der Waals surface area contributed by atoms with Crippen LogP contribution in [0.15, 0.2) is 18.2 Å². The molecule has 1 aromatic rings. The third-order valence-electron chi connectivity index (χ3n) is 4.77. The highest BCUT2D eigenvalue weighted by molar-refractivity contribution is 6.62. The van der Waals surface area contributed by atoms with Crippen LogP contribution in [-0.2, 0) is 9.31 Å². The number of halogens is 1. The van der Waals surface area contributed by atoms with Gasteiger partial charge in [-0.1, -0.05) is 23.7 Å². The molecule has 0 aromatic heterocycles. The van der Waals surface area contributed by atoms with E-state index in [1.54, 1.807) is 0 Å². The topological polar surface area (TPSA) is 30.5 Å². The highest BCUT2D eigenvalue weighted by Gasteiger charge is 2.51. The SMILES string of the molecule is CC1(C)OB(c2ccc(Cl)c(C3CNC3)c2)OC1(C)C. The summed E-state index contributed by atoms with van der Waals surface area (Å²) in [5.41, 5.74) is 1.62. The predicted molar refractivity (Wildman–Crippen MR) is 82.8 cm³/mol. The zero-order valence-electron chi connectivity index (χ0n) is 12.5. The molecule has 5 heteroatoms. The minimum Gasteiger partial charge on any atom is -0.399 e. The average Bonchev–Trinajstić information content (AvgIpc) is 2.49. The van der Waals surface area contributed by atoms with Gasteiger partial charge in [-0.05, 0) is 44.8 Å².